The summed E-state index contributed by atoms with van der Waals surface area (Å²) in [5.41, 5.74) is 1.36. The summed E-state index contributed by atoms with van der Waals surface area (Å²) >= 11 is 6.40. The van der Waals surface area contributed by atoms with Crippen LogP contribution in [0.4, 0.5) is 19.0 Å². The molecule has 2 heterocycles. The number of carboxylic acids is 1. The van der Waals surface area contributed by atoms with Crippen molar-refractivity contribution in [2.45, 2.75) is 43.6 Å². The zero-order valence-corrected chi connectivity index (χ0v) is 24.3. The lowest BCUT2D eigenvalue weighted by Gasteiger charge is -2.40. The minimum atomic E-state index is -4.95. The molecule has 43 heavy (non-hydrogen) atoms. The Balaban J connectivity index is 1.59. The van der Waals surface area contributed by atoms with Gasteiger partial charge in [0.1, 0.15) is 17.6 Å². The second-order valence-electron chi connectivity index (χ2n) is 9.56. The van der Waals surface area contributed by atoms with Gasteiger partial charge in [-0.05, 0) is 47.9 Å². The van der Waals surface area contributed by atoms with E-state index in [9.17, 15) is 31.2 Å². The quantitative estimate of drug-likeness (QED) is 0.337. The summed E-state index contributed by atoms with van der Waals surface area (Å²) in [6, 6.07) is 7.84. The number of hydrogen-bond donors (Lipinski definition) is 2. The van der Waals surface area contributed by atoms with E-state index >= 15 is 0 Å². The fourth-order valence-corrected chi connectivity index (χ4v) is 6.34. The van der Waals surface area contributed by atoms with Gasteiger partial charge in [-0.1, -0.05) is 37.1 Å². The first-order valence-electron chi connectivity index (χ1n) is 13.0. The Morgan fingerprint density at radius 2 is 1.84 bits per heavy atom. The van der Waals surface area contributed by atoms with Crippen molar-refractivity contribution in [1.29, 1.82) is 0 Å². The fraction of sp³-hybridized carbons (Fsp3) is 0.333. The molecular formula is C27H27ClF3N5O6S. The first-order chi connectivity index (χ1) is 20.3. The molecule has 1 saturated heterocycles. The van der Waals surface area contributed by atoms with Crippen LogP contribution in [0.15, 0.2) is 59.8 Å². The lowest BCUT2D eigenvalue weighted by molar-refractivity contribution is -0.274. The third-order valence-electron chi connectivity index (χ3n) is 6.59. The van der Waals surface area contributed by atoms with Crippen LogP contribution in [0, 0.1) is 0 Å². The van der Waals surface area contributed by atoms with Gasteiger partial charge >= 0.3 is 12.3 Å². The molecule has 2 aromatic carbocycles. The molecule has 1 amide bonds. The lowest BCUT2D eigenvalue weighted by Crippen LogP contribution is -2.60. The number of hydrogen-bond acceptors (Lipinski definition) is 8. The van der Waals surface area contributed by atoms with E-state index in [2.05, 4.69) is 20.0 Å². The number of aromatic carboxylic acids is 1. The zero-order chi connectivity index (χ0) is 31.4. The van der Waals surface area contributed by atoms with E-state index in [1.165, 1.54) is 6.20 Å². The largest absolute Gasteiger partial charge is 0.573 e. The Morgan fingerprint density at radius 3 is 2.42 bits per heavy atom. The first-order valence-corrected chi connectivity index (χ1v) is 14.8. The molecular weight excluding hydrogens is 615 g/mol. The average molecular weight is 642 g/mol. The molecule has 0 aliphatic carbocycles. The molecule has 1 fully saturated rings. The maximum atomic E-state index is 13.6. The van der Waals surface area contributed by atoms with E-state index in [4.69, 9.17) is 16.7 Å². The SMILES string of the molecule is CCCc1ccc(CNC(=O)[C@H]2CN(c3cnc(C(=O)O)cn3)CCN2S(=O)(=O)c2ccc(OC(F)(F)F)cc2)c(Cl)c1. The second kappa shape index (κ2) is 13.1. The highest BCUT2D eigenvalue weighted by Gasteiger charge is 2.41. The molecule has 0 radical (unpaired) electrons. The second-order valence-corrected chi connectivity index (χ2v) is 11.9. The summed E-state index contributed by atoms with van der Waals surface area (Å²) < 4.78 is 69.8. The van der Waals surface area contributed by atoms with Gasteiger partial charge in [0.25, 0.3) is 0 Å². The smallest absolute Gasteiger partial charge is 0.476 e. The number of nitrogens with one attached hydrogen (secondary N) is 1. The van der Waals surface area contributed by atoms with E-state index in [-0.39, 0.29) is 42.6 Å². The molecule has 16 heteroatoms. The Morgan fingerprint density at radius 1 is 1.12 bits per heavy atom. The van der Waals surface area contributed by atoms with Crippen molar-refractivity contribution in [1.82, 2.24) is 19.6 Å². The number of alkyl halides is 3. The number of carbonyl (C=O) groups excluding carboxylic acids is 1. The van der Waals surface area contributed by atoms with Crippen molar-refractivity contribution in [3.05, 3.63) is 76.7 Å². The number of aromatic nitrogens is 2. The summed E-state index contributed by atoms with van der Waals surface area (Å²) in [5, 5.41) is 12.3. The molecule has 4 rings (SSSR count). The third kappa shape index (κ3) is 7.91. The molecule has 2 N–H and O–H groups in total. The van der Waals surface area contributed by atoms with Crippen LogP contribution in [0.5, 0.6) is 5.75 Å². The number of ether oxygens (including phenoxy) is 1. The van der Waals surface area contributed by atoms with Crippen LogP contribution in [-0.4, -0.2) is 71.7 Å². The molecule has 1 aliphatic heterocycles. The number of nitrogens with zero attached hydrogens (tertiary/aromatic N) is 4. The van der Waals surface area contributed by atoms with E-state index in [0.717, 1.165) is 53.2 Å². The van der Waals surface area contributed by atoms with Gasteiger partial charge in [0.05, 0.1) is 17.3 Å². The van der Waals surface area contributed by atoms with Crippen LogP contribution in [0.3, 0.4) is 0 Å². The van der Waals surface area contributed by atoms with Crippen LogP contribution >= 0.6 is 11.6 Å². The fourth-order valence-electron chi connectivity index (χ4n) is 4.50. The van der Waals surface area contributed by atoms with Gasteiger partial charge in [0.15, 0.2) is 5.69 Å². The van der Waals surface area contributed by atoms with Crippen molar-refractivity contribution in [3.8, 4) is 5.75 Å². The number of amides is 1. The monoisotopic (exact) mass is 641 g/mol. The molecule has 230 valence electrons. The molecule has 11 nitrogen and oxygen atoms in total. The number of piperazine rings is 1. The van der Waals surface area contributed by atoms with E-state index in [1.807, 2.05) is 13.0 Å². The van der Waals surface area contributed by atoms with Crippen LogP contribution in [-0.2, 0) is 27.8 Å². The Hall–Kier alpha value is -3.95. The van der Waals surface area contributed by atoms with E-state index in [1.54, 1.807) is 17.0 Å². The van der Waals surface area contributed by atoms with Gasteiger partial charge in [-0.15, -0.1) is 13.2 Å². The van der Waals surface area contributed by atoms with Gasteiger partial charge in [0.2, 0.25) is 15.9 Å². The van der Waals surface area contributed by atoms with Crippen molar-refractivity contribution in [2.24, 2.45) is 0 Å². The van der Waals surface area contributed by atoms with E-state index < -0.39 is 40.1 Å². The van der Waals surface area contributed by atoms with Crippen LogP contribution in [0.2, 0.25) is 5.02 Å². The normalized spacial score (nSPS) is 16.1. The topological polar surface area (TPSA) is 142 Å². The Kier molecular flexibility index (Phi) is 9.77. The lowest BCUT2D eigenvalue weighted by atomic mass is 10.1. The third-order valence-corrected chi connectivity index (χ3v) is 8.86. The molecule has 0 saturated carbocycles. The van der Waals surface area contributed by atoms with Gasteiger partial charge in [-0.25, -0.2) is 23.2 Å². The van der Waals surface area contributed by atoms with Gasteiger partial charge < -0.3 is 20.1 Å². The molecule has 1 aromatic heterocycles. The Labute approximate surface area is 250 Å². The summed E-state index contributed by atoms with van der Waals surface area (Å²) in [7, 11) is -4.37. The van der Waals surface area contributed by atoms with Crippen LogP contribution in [0.1, 0.15) is 35.0 Å². The average Bonchev–Trinajstić information content (AvgIpc) is 2.96. The van der Waals surface area contributed by atoms with E-state index in [0.29, 0.717) is 10.6 Å². The number of anilines is 1. The Bertz CT molecular complexity index is 1570. The standard InChI is InChI=1S/C27H27ClF3N5O6S/c1-2-3-17-4-5-18(21(28)12-17)13-34-25(37)23-16-35(24-15-32-22(14-33-24)26(38)39)10-11-36(23)43(40,41)20-8-6-19(7-9-20)42-27(29,30)31/h4-9,12,14-15,23H,2-3,10-11,13,16H2,1H3,(H,34,37)(H,38,39)/t23-/m1/s1. The summed E-state index contributed by atoms with van der Waals surface area (Å²) in [4.78, 5) is 33.9. The molecule has 0 unspecified atom stereocenters. The number of halogens is 4. The molecule has 1 aliphatic rings. The van der Waals surface area contributed by atoms with Crippen molar-refractivity contribution >= 4 is 39.3 Å². The number of sulfonamides is 1. The number of carbonyl (C=O) groups is 2. The van der Waals surface area contributed by atoms with Gasteiger partial charge in [-0.3, -0.25) is 4.79 Å². The summed E-state index contributed by atoms with van der Waals surface area (Å²) in [6.45, 7) is 1.72. The van der Waals surface area contributed by atoms with Crippen LogP contribution in [0.25, 0.3) is 0 Å². The minimum absolute atomic E-state index is 0.00501. The predicted octanol–water partition coefficient (Wildman–Crippen LogP) is 3.88. The van der Waals surface area contributed by atoms with Gasteiger partial charge in [0, 0.05) is 31.2 Å². The van der Waals surface area contributed by atoms with Crippen molar-refractivity contribution in [3.63, 3.8) is 0 Å². The highest BCUT2D eigenvalue weighted by Crippen LogP contribution is 2.28. The number of benzene rings is 2. The van der Waals surface area contributed by atoms with Crippen molar-refractivity contribution in [2.75, 3.05) is 24.5 Å². The maximum Gasteiger partial charge on any atom is 0.573 e. The zero-order valence-electron chi connectivity index (χ0n) is 22.7. The van der Waals surface area contributed by atoms with Crippen molar-refractivity contribution < 1.29 is 41.0 Å². The predicted molar refractivity (Wildman–Crippen MR) is 149 cm³/mol. The molecule has 1 atom stereocenters. The molecule has 0 spiro atoms. The minimum Gasteiger partial charge on any atom is -0.476 e. The number of carboxylic acid groups (broad SMARTS) is 1. The number of rotatable bonds is 10. The van der Waals surface area contributed by atoms with Crippen LogP contribution < -0.4 is 15.0 Å². The maximum absolute atomic E-state index is 13.6. The first kappa shape index (κ1) is 32.0. The molecule has 3 aromatic rings. The highest BCUT2D eigenvalue weighted by molar-refractivity contribution is 7.89. The van der Waals surface area contributed by atoms with Gasteiger partial charge in [-0.2, -0.15) is 4.31 Å². The molecule has 0 bridgehead atoms. The highest BCUT2D eigenvalue weighted by atomic mass is 35.5. The number of aryl methyl sites for hydroxylation is 1. The summed E-state index contributed by atoms with van der Waals surface area (Å²) in [5.74, 6) is -2.31. The summed E-state index contributed by atoms with van der Waals surface area (Å²) in [6.07, 6.45) is -0.942.